The quantitative estimate of drug-likeness (QED) is 0.869. The Kier molecular flexibility index (Phi) is 6.72. The van der Waals surface area contributed by atoms with Gasteiger partial charge in [-0.1, -0.05) is 11.6 Å². The molecule has 3 rings (SSSR count). The third-order valence-electron chi connectivity index (χ3n) is 5.13. The summed E-state index contributed by atoms with van der Waals surface area (Å²) < 4.78 is 0. The Morgan fingerprint density at radius 2 is 1.96 bits per heavy atom. The van der Waals surface area contributed by atoms with Crippen LogP contribution in [0.1, 0.15) is 26.2 Å². The lowest BCUT2D eigenvalue weighted by molar-refractivity contribution is -0.137. The highest BCUT2D eigenvalue weighted by Gasteiger charge is 2.38. The van der Waals surface area contributed by atoms with Crippen LogP contribution in [0, 0.1) is 11.8 Å². The van der Waals surface area contributed by atoms with Gasteiger partial charge in [-0.2, -0.15) is 0 Å². The van der Waals surface area contributed by atoms with Crippen molar-refractivity contribution in [2.75, 3.05) is 24.5 Å². The van der Waals surface area contributed by atoms with Gasteiger partial charge in [0.1, 0.15) is 0 Å². The minimum absolute atomic E-state index is 0. The zero-order valence-corrected chi connectivity index (χ0v) is 15.9. The van der Waals surface area contributed by atoms with E-state index in [2.05, 4.69) is 0 Å². The van der Waals surface area contributed by atoms with Gasteiger partial charge in [0.05, 0.1) is 5.92 Å². The predicted octanol–water partition coefficient (Wildman–Crippen LogP) is 2.70. The minimum Gasteiger partial charge on any atom is -0.342 e. The van der Waals surface area contributed by atoms with Crippen molar-refractivity contribution in [3.63, 3.8) is 0 Å². The van der Waals surface area contributed by atoms with Crippen molar-refractivity contribution in [2.45, 2.75) is 32.2 Å². The topological polar surface area (TPSA) is 66.6 Å². The number of likely N-dealkylation sites (tertiary alicyclic amines) is 1. The van der Waals surface area contributed by atoms with E-state index in [9.17, 15) is 9.59 Å². The molecule has 1 aromatic carbocycles. The first kappa shape index (κ1) is 20.0. The molecule has 2 saturated heterocycles. The molecule has 3 unspecified atom stereocenters. The van der Waals surface area contributed by atoms with Gasteiger partial charge in [-0.3, -0.25) is 9.59 Å². The number of benzene rings is 1. The van der Waals surface area contributed by atoms with E-state index in [1.54, 1.807) is 17.0 Å². The highest BCUT2D eigenvalue weighted by atomic mass is 35.5. The summed E-state index contributed by atoms with van der Waals surface area (Å²) in [6.45, 7) is 3.93. The van der Waals surface area contributed by atoms with Gasteiger partial charge < -0.3 is 15.5 Å². The maximum atomic E-state index is 12.8. The Bertz CT molecular complexity index is 621. The third-order valence-corrected chi connectivity index (χ3v) is 5.38. The zero-order chi connectivity index (χ0) is 17.3. The van der Waals surface area contributed by atoms with Gasteiger partial charge in [-0.15, -0.1) is 12.4 Å². The summed E-state index contributed by atoms with van der Waals surface area (Å²) in [5.41, 5.74) is 6.80. The second-order valence-electron chi connectivity index (χ2n) is 6.93. The molecule has 0 aromatic heterocycles. The van der Waals surface area contributed by atoms with Gasteiger partial charge >= 0.3 is 0 Å². The number of anilines is 1. The van der Waals surface area contributed by atoms with Crippen LogP contribution in [0.5, 0.6) is 0 Å². The summed E-state index contributed by atoms with van der Waals surface area (Å²) in [5, 5.41) is 0.633. The summed E-state index contributed by atoms with van der Waals surface area (Å²) in [6.07, 6.45) is 2.34. The van der Waals surface area contributed by atoms with Crippen molar-refractivity contribution in [2.24, 2.45) is 17.6 Å². The molecule has 2 heterocycles. The maximum Gasteiger partial charge on any atom is 0.228 e. The van der Waals surface area contributed by atoms with Crippen LogP contribution in [-0.2, 0) is 9.59 Å². The second-order valence-corrected chi connectivity index (χ2v) is 7.36. The Morgan fingerprint density at radius 3 is 2.60 bits per heavy atom. The second kappa shape index (κ2) is 8.39. The molecule has 2 amide bonds. The Balaban J connectivity index is 0.00000225. The zero-order valence-electron chi connectivity index (χ0n) is 14.4. The molecule has 3 atom stereocenters. The minimum atomic E-state index is -0.264. The van der Waals surface area contributed by atoms with Crippen molar-refractivity contribution in [3.8, 4) is 0 Å². The van der Waals surface area contributed by atoms with Crippen molar-refractivity contribution < 1.29 is 9.59 Å². The molecule has 2 aliphatic rings. The van der Waals surface area contributed by atoms with Crippen molar-refractivity contribution in [1.29, 1.82) is 0 Å². The number of nitrogens with two attached hydrogens (primary N) is 1. The fourth-order valence-corrected chi connectivity index (χ4v) is 3.77. The number of nitrogens with zero attached hydrogens (tertiary/aromatic N) is 2. The van der Waals surface area contributed by atoms with Crippen LogP contribution in [-0.4, -0.2) is 42.4 Å². The number of rotatable bonds is 3. The first-order valence-corrected chi connectivity index (χ1v) is 8.94. The molecule has 138 valence electrons. The summed E-state index contributed by atoms with van der Waals surface area (Å²) in [6, 6.07) is 7.26. The van der Waals surface area contributed by atoms with E-state index in [-0.39, 0.29) is 42.6 Å². The van der Waals surface area contributed by atoms with Gasteiger partial charge in [0, 0.05) is 42.8 Å². The Morgan fingerprint density at radius 1 is 1.28 bits per heavy atom. The molecule has 0 spiro atoms. The van der Waals surface area contributed by atoms with Gasteiger partial charge in [0.2, 0.25) is 11.8 Å². The lowest BCUT2D eigenvalue weighted by Crippen LogP contribution is -2.47. The fourth-order valence-electron chi connectivity index (χ4n) is 3.64. The average Bonchev–Trinajstić information content (AvgIpc) is 2.97. The molecule has 1 aromatic rings. The van der Waals surface area contributed by atoms with E-state index in [0.717, 1.165) is 25.1 Å². The number of hydrogen-bond acceptors (Lipinski definition) is 3. The van der Waals surface area contributed by atoms with E-state index in [1.807, 2.05) is 24.0 Å². The monoisotopic (exact) mass is 385 g/mol. The number of piperidine rings is 1. The van der Waals surface area contributed by atoms with Crippen LogP contribution in [0.4, 0.5) is 5.69 Å². The predicted molar refractivity (Wildman–Crippen MR) is 102 cm³/mol. The number of amides is 2. The van der Waals surface area contributed by atoms with Crippen molar-refractivity contribution >= 4 is 41.5 Å². The number of halogens is 2. The lowest BCUT2D eigenvalue weighted by Gasteiger charge is -2.35. The number of hydrogen-bond donors (Lipinski definition) is 1. The smallest absolute Gasteiger partial charge is 0.228 e. The maximum absolute atomic E-state index is 12.8. The van der Waals surface area contributed by atoms with Gasteiger partial charge in [-0.25, -0.2) is 0 Å². The molecule has 2 N–H and O–H groups in total. The van der Waals surface area contributed by atoms with E-state index in [4.69, 9.17) is 17.3 Å². The van der Waals surface area contributed by atoms with E-state index in [1.165, 1.54) is 0 Å². The number of carbonyl (C=O) groups is 2. The Labute approximate surface area is 159 Å². The molecule has 2 fully saturated rings. The van der Waals surface area contributed by atoms with E-state index in [0.29, 0.717) is 24.0 Å². The van der Waals surface area contributed by atoms with Gasteiger partial charge in [-0.05, 0) is 49.9 Å². The average molecular weight is 386 g/mol. The highest BCUT2D eigenvalue weighted by molar-refractivity contribution is 6.30. The molecule has 0 bridgehead atoms. The van der Waals surface area contributed by atoms with E-state index < -0.39 is 0 Å². The molecule has 5 nitrogen and oxygen atoms in total. The van der Waals surface area contributed by atoms with Gasteiger partial charge in [0.15, 0.2) is 0 Å². The molecule has 7 heteroatoms. The van der Waals surface area contributed by atoms with Crippen LogP contribution in [0.15, 0.2) is 24.3 Å². The Hall–Kier alpha value is -1.30. The molecule has 0 saturated carbocycles. The van der Waals surface area contributed by atoms with Crippen molar-refractivity contribution in [1.82, 2.24) is 4.90 Å². The summed E-state index contributed by atoms with van der Waals surface area (Å²) >= 11 is 5.90. The lowest BCUT2D eigenvalue weighted by atomic mass is 9.91. The molecule has 25 heavy (non-hydrogen) atoms. The molecule has 0 radical (unpaired) electrons. The summed E-state index contributed by atoms with van der Waals surface area (Å²) in [5.74, 6) is 0.175. The highest BCUT2D eigenvalue weighted by Crippen LogP contribution is 2.29. The summed E-state index contributed by atoms with van der Waals surface area (Å²) in [7, 11) is 0. The normalized spacial score (nSPS) is 24.8. The first-order chi connectivity index (χ1) is 11.5. The van der Waals surface area contributed by atoms with Crippen LogP contribution in [0.3, 0.4) is 0 Å². The van der Waals surface area contributed by atoms with Gasteiger partial charge in [0.25, 0.3) is 0 Å². The van der Waals surface area contributed by atoms with Crippen LogP contribution in [0.2, 0.25) is 5.02 Å². The standard InChI is InChI=1S/C18H24ClN3O2.ClH/c1-12(20)13-3-2-8-21(10-13)18(24)14-9-17(23)22(11-14)16-6-4-15(19)5-7-16;/h4-7,12-14H,2-3,8-11,20H2,1H3;1H. The van der Waals surface area contributed by atoms with E-state index >= 15 is 0 Å². The molecule has 2 aliphatic heterocycles. The molecule has 0 aliphatic carbocycles. The SMILES string of the molecule is CC(N)C1CCCN(C(=O)C2CC(=O)N(c3ccc(Cl)cc3)C2)C1.Cl. The molecular formula is C18H25Cl2N3O2. The first-order valence-electron chi connectivity index (χ1n) is 8.56. The third kappa shape index (κ3) is 4.46. The molecular weight excluding hydrogens is 361 g/mol. The van der Waals surface area contributed by atoms with Crippen LogP contribution in [0.25, 0.3) is 0 Å². The number of carbonyl (C=O) groups excluding carboxylic acids is 2. The summed E-state index contributed by atoms with van der Waals surface area (Å²) in [4.78, 5) is 28.8. The van der Waals surface area contributed by atoms with Crippen molar-refractivity contribution in [3.05, 3.63) is 29.3 Å². The van der Waals surface area contributed by atoms with Crippen LogP contribution >= 0.6 is 24.0 Å². The van der Waals surface area contributed by atoms with Crippen LogP contribution < -0.4 is 10.6 Å². The fraction of sp³-hybridized carbons (Fsp3) is 0.556. The largest absolute Gasteiger partial charge is 0.342 e.